The first-order valence-electron chi connectivity index (χ1n) is 5.41. The lowest BCUT2D eigenvalue weighted by Gasteiger charge is -2.12. The lowest BCUT2D eigenvalue weighted by Crippen LogP contribution is -2.08. The van der Waals surface area contributed by atoms with Crippen molar-refractivity contribution < 1.29 is 13.7 Å². The summed E-state index contributed by atoms with van der Waals surface area (Å²) in [7, 11) is -2.09. The van der Waals surface area contributed by atoms with E-state index in [0.29, 0.717) is 10.6 Å². The van der Waals surface area contributed by atoms with Crippen molar-refractivity contribution in [1.29, 1.82) is 5.26 Å². The molecule has 0 heterocycles. The molecule has 1 aromatic rings. The third kappa shape index (κ3) is 4.66. The van der Waals surface area contributed by atoms with Gasteiger partial charge in [-0.15, -0.1) is 0 Å². The van der Waals surface area contributed by atoms with E-state index < -0.39 is 7.75 Å². The number of oxime groups is 1. The van der Waals surface area contributed by atoms with E-state index in [2.05, 4.69) is 10.2 Å². The van der Waals surface area contributed by atoms with Gasteiger partial charge in [0.05, 0.1) is 6.61 Å². The highest BCUT2D eigenvalue weighted by molar-refractivity contribution is 7.51. The molecule has 0 aliphatic rings. The van der Waals surface area contributed by atoms with Crippen molar-refractivity contribution in [3.63, 3.8) is 0 Å². The van der Waals surface area contributed by atoms with E-state index in [-0.39, 0.29) is 12.3 Å². The van der Waals surface area contributed by atoms with Crippen LogP contribution in [-0.4, -0.2) is 19.4 Å². The molecule has 1 unspecified atom stereocenters. The Morgan fingerprint density at radius 2 is 2.16 bits per heavy atom. The topological polar surface area (TPSA) is 83.7 Å². The maximum Gasteiger partial charge on any atom is 0.478 e. The summed E-state index contributed by atoms with van der Waals surface area (Å²) in [6, 6.07) is 8.30. The Hall–Kier alpha value is -1.38. The summed E-state index contributed by atoms with van der Waals surface area (Å²) in [5.41, 5.74) is 0.484. The fourth-order valence-electron chi connectivity index (χ4n) is 1.14. The molecule has 0 bridgehead atoms. The molecule has 0 radical (unpaired) electrons. The molecule has 19 heavy (non-hydrogen) atoms. The second-order valence-electron chi connectivity index (χ2n) is 3.28. The normalized spacial score (nSPS) is 14.5. The molecule has 1 aromatic carbocycles. The van der Waals surface area contributed by atoms with Crippen LogP contribution in [0.1, 0.15) is 12.5 Å². The lowest BCUT2D eigenvalue weighted by molar-refractivity contribution is 0.212. The first-order valence-corrected chi connectivity index (χ1v) is 7.33. The molecule has 1 rings (SSSR count). The number of hydrogen-bond donors (Lipinski definition) is 1. The van der Waals surface area contributed by atoms with E-state index in [1.54, 1.807) is 31.2 Å². The quantitative estimate of drug-likeness (QED) is 0.496. The third-order valence-electron chi connectivity index (χ3n) is 2.04. The molecule has 0 fully saturated rings. The molecule has 0 spiro atoms. The zero-order chi connectivity index (χ0) is 14.3. The Labute approximate surface area is 116 Å². The molecule has 0 saturated carbocycles. The highest BCUT2D eigenvalue weighted by atomic mass is 35.5. The Kier molecular flexibility index (Phi) is 6.00. The van der Waals surface area contributed by atoms with Crippen LogP contribution in [0.5, 0.6) is 0 Å². The van der Waals surface area contributed by atoms with Gasteiger partial charge in [-0.3, -0.25) is 4.52 Å². The van der Waals surface area contributed by atoms with Gasteiger partial charge < -0.3 is 4.62 Å². The van der Waals surface area contributed by atoms with Crippen molar-refractivity contribution in [1.82, 2.24) is 5.09 Å². The Balaban J connectivity index is 2.92. The summed E-state index contributed by atoms with van der Waals surface area (Å²) in [5, 5.41) is 15.5. The van der Waals surface area contributed by atoms with Crippen molar-refractivity contribution in [2.45, 2.75) is 6.92 Å². The highest BCUT2D eigenvalue weighted by Crippen LogP contribution is 2.43. The molecular formula is C11H13ClN3O3P. The summed E-state index contributed by atoms with van der Waals surface area (Å²) < 4.78 is 21.6. The maximum absolute atomic E-state index is 11.9. The van der Waals surface area contributed by atoms with Gasteiger partial charge in [0, 0.05) is 10.6 Å². The number of nitriles is 1. The molecule has 1 N–H and O–H groups in total. The molecule has 8 heteroatoms. The van der Waals surface area contributed by atoms with Crippen molar-refractivity contribution >= 4 is 25.1 Å². The average molecular weight is 302 g/mol. The number of halogens is 1. The van der Waals surface area contributed by atoms with Crippen LogP contribution in [-0.2, 0) is 13.7 Å². The predicted octanol–water partition coefficient (Wildman–Crippen LogP) is 2.95. The number of nitrogens with zero attached hydrogens (tertiary/aromatic N) is 2. The minimum Gasteiger partial charge on any atom is -0.300 e. The second-order valence-corrected chi connectivity index (χ2v) is 5.58. The molecule has 0 amide bonds. The molecule has 0 aliphatic heterocycles. The standard InChI is InChI=1S/C11H13ClN3O3P/c1-3-17-19(16,14-2)18-15-11(8-13)9-4-6-10(12)7-5-9/h4-7H,3H2,1-2H3,(H,14,16)/b15-11+. The van der Waals surface area contributed by atoms with E-state index in [9.17, 15) is 4.57 Å². The molecule has 0 saturated heterocycles. The number of hydrogen-bond acceptors (Lipinski definition) is 5. The van der Waals surface area contributed by atoms with Crippen LogP contribution < -0.4 is 5.09 Å². The van der Waals surface area contributed by atoms with Gasteiger partial charge in [-0.05, 0) is 26.1 Å². The van der Waals surface area contributed by atoms with Gasteiger partial charge in [0.1, 0.15) is 6.07 Å². The van der Waals surface area contributed by atoms with Crippen molar-refractivity contribution in [3.05, 3.63) is 34.9 Å². The minimum absolute atomic E-state index is 0.0214. The van der Waals surface area contributed by atoms with Gasteiger partial charge in [-0.2, -0.15) is 5.26 Å². The van der Waals surface area contributed by atoms with Crippen LogP contribution in [0, 0.1) is 11.3 Å². The molecule has 6 nitrogen and oxygen atoms in total. The fourth-order valence-corrected chi connectivity index (χ4v) is 2.05. The van der Waals surface area contributed by atoms with Crippen LogP contribution in [0.3, 0.4) is 0 Å². The van der Waals surface area contributed by atoms with Gasteiger partial charge in [-0.25, -0.2) is 9.65 Å². The van der Waals surface area contributed by atoms with Crippen LogP contribution in [0.4, 0.5) is 0 Å². The number of nitrogens with one attached hydrogen (secondary N) is 1. The van der Waals surface area contributed by atoms with Gasteiger partial charge in [-0.1, -0.05) is 28.9 Å². The smallest absolute Gasteiger partial charge is 0.300 e. The van der Waals surface area contributed by atoms with Gasteiger partial charge in [0.25, 0.3) is 0 Å². The Bertz CT molecular complexity index is 539. The molecule has 0 aliphatic carbocycles. The highest BCUT2D eigenvalue weighted by Gasteiger charge is 2.23. The number of benzene rings is 1. The van der Waals surface area contributed by atoms with E-state index in [1.807, 2.05) is 6.07 Å². The van der Waals surface area contributed by atoms with Gasteiger partial charge in [0.2, 0.25) is 0 Å². The van der Waals surface area contributed by atoms with Crippen LogP contribution in [0.2, 0.25) is 5.02 Å². The second kappa shape index (κ2) is 7.27. The molecular weight excluding hydrogens is 289 g/mol. The Morgan fingerprint density at radius 1 is 1.53 bits per heavy atom. The van der Waals surface area contributed by atoms with Crippen molar-refractivity contribution in [2.75, 3.05) is 13.7 Å². The SMILES string of the molecule is CCOP(=O)(NC)O/N=C(\C#N)c1ccc(Cl)cc1. The predicted molar refractivity (Wildman–Crippen MR) is 73.0 cm³/mol. The third-order valence-corrected chi connectivity index (χ3v) is 3.73. The molecule has 0 aromatic heterocycles. The Morgan fingerprint density at radius 3 is 2.63 bits per heavy atom. The zero-order valence-electron chi connectivity index (χ0n) is 10.5. The molecule has 1 atom stereocenters. The van der Waals surface area contributed by atoms with Gasteiger partial charge >= 0.3 is 7.75 Å². The molecule has 102 valence electrons. The number of rotatable bonds is 6. The largest absolute Gasteiger partial charge is 0.478 e. The average Bonchev–Trinajstić information content (AvgIpc) is 2.41. The first-order chi connectivity index (χ1) is 9.04. The van der Waals surface area contributed by atoms with Crippen LogP contribution >= 0.6 is 19.3 Å². The van der Waals surface area contributed by atoms with E-state index in [0.717, 1.165) is 0 Å². The summed E-state index contributed by atoms with van der Waals surface area (Å²) in [5.74, 6) is 0. The summed E-state index contributed by atoms with van der Waals surface area (Å²) in [6.07, 6.45) is 0. The summed E-state index contributed by atoms with van der Waals surface area (Å²) in [6.45, 7) is 1.86. The lowest BCUT2D eigenvalue weighted by atomic mass is 10.1. The summed E-state index contributed by atoms with van der Waals surface area (Å²) in [4.78, 5) is 0. The maximum atomic E-state index is 11.9. The van der Waals surface area contributed by atoms with Crippen LogP contribution in [0.15, 0.2) is 29.4 Å². The minimum atomic E-state index is -3.51. The van der Waals surface area contributed by atoms with E-state index >= 15 is 0 Å². The zero-order valence-corrected chi connectivity index (χ0v) is 12.1. The van der Waals surface area contributed by atoms with Gasteiger partial charge in [0.15, 0.2) is 5.71 Å². The fraction of sp³-hybridized carbons (Fsp3) is 0.273. The monoisotopic (exact) mass is 301 g/mol. The van der Waals surface area contributed by atoms with Crippen molar-refractivity contribution in [2.24, 2.45) is 5.16 Å². The van der Waals surface area contributed by atoms with E-state index in [4.69, 9.17) is 26.0 Å². The van der Waals surface area contributed by atoms with Crippen LogP contribution in [0.25, 0.3) is 0 Å². The van der Waals surface area contributed by atoms with Crippen molar-refractivity contribution in [3.8, 4) is 6.07 Å². The van der Waals surface area contributed by atoms with E-state index in [1.165, 1.54) is 7.05 Å². The summed E-state index contributed by atoms with van der Waals surface area (Å²) >= 11 is 5.74. The first kappa shape index (κ1) is 15.7.